The van der Waals surface area contributed by atoms with Crippen molar-refractivity contribution in [1.29, 1.82) is 5.26 Å². The predicted octanol–water partition coefficient (Wildman–Crippen LogP) is 2.78. The third-order valence-electron chi connectivity index (χ3n) is 4.89. The Bertz CT molecular complexity index is 904. The van der Waals surface area contributed by atoms with Gasteiger partial charge in [0.1, 0.15) is 6.07 Å². The lowest BCUT2D eigenvalue weighted by Crippen LogP contribution is -2.36. The van der Waals surface area contributed by atoms with E-state index < -0.39 is 5.97 Å². The fraction of sp³-hybridized carbons (Fsp3) is 0.350. The summed E-state index contributed by atoms with van der Waals surface area (Å²) < 4.78 is 6.26. The Morgan fingerprint density at radius 2 is 1.96 bits per heavy atom. The standard InChI is InChI=1S/C20H22N4O3/c1-27-20(26)18-17(22)13(11-21)12-24(18)16-10-6-5-9-15(16)19(25)23-14-7-3-2-4-8-14/h5-6,9-10,12,14H,2-4,7-8,22H2,1H3,(H,23,25). The van der Waals surface area contributed by atoms with E-state index in [0.717, 1.165) is 25.7 Å². The molecule has 0 radical (unpaired) electrons. The summed E-state index contributed by atoms with van der Waals surface area (Å²) in [4.78, 5) is 25.1. The van der Waals surface area contributed by atoms with Crippen molar-refractivity contribution >= 4 is 17.6 Å². The van der Waals surface area contributed by atoms with Crippen LogP contribution in [0.1, 0.15) is 58.5 Å². The minimum Gasteiger partial charge on any atom is -0.464 e. The highest BCUT2D eigenvalue weighted by molar-refractivity contribution is 6.00. The van der Waals surface area contributed by atoms with Crippen LogP contribution in [0.4, 0.5) is 5.69 Å². The number of benzene rings is 1. The molecule has 1 heterocycles. The summed E-state index contributed by atoms with van der Waals surface area (Å²) in [6.07, 6.45) is 6.81. The number of hydrogen-bond acceptors (Lipinski definition) is 5. The third-order valence-corrected chi connectivity index (χ3v) is 4.89. The van der Waals surface area contributed by atoms with Crippen LogP contribution >= 0.6 is 0 Å². The van der Waals surface area contributed by atoms with E-state index in [-0.39, 0.29) is 28.9 Å². The Hall–Kier alpha value is -3.27. The van der Waals surface area contributed by atoms with Crippen molar-refractivity contribution < 1.29 is 14.3 Å². The normalized spacial score (nSPS) is 14.4. The topological polar surface area (TPSA) is 110 Å². The number of rotatable bonds is 4. The Labute approximate surface area is 157 Å². The fourth-order valence-corrected chi connectivity index (χ4v) is 3.49. The largest absolute Gasteiger partial charge is 0.464 e. The number of para-hydroxylation sites is 1. The van der Waals surface area contributed by atoms with Crippen molar-refractivity contribution in [3.8, 4) is 11.8 Å². The molecule has 1 aromatic heterocycles. The molecular weight excluding hydrogens is 344 g/mol. The second-order valence-electron chi connectivity index (χ2n) is 6.60. The summed E-state index contributed by atoms with van der Waals surface area (Å²) in [7, 11) is 1.24. The lowest BCUT2D eigenvalue weighted by molar-refractivity contribution is 0.0592. The van der Waals surface area contributed by atoms with Gasteiger partial charge >= 0.3 is 5.97 Å². The van der Waals surface area contributed by atoms with Crippen LogP contribution in [-0.2, 0) is 4.74 Å². The number of nitrogens with one attached hydrogen (secondary N) is 1. The van der Waals surface area contributed by atoms with Crippen LogP contribution in [0.2, 0.25) is 0 Å². The Morgan fingerprint density at radius 1 is 1.26 bits per heavy atom. The van der Waals surface area contributed by atoms with Gasteiger partial charge in [0.15, 0.2) is 5.69 Å². The van der Waals surface area contributed by atoms with Gasteiger partial charge in [0.25, 0.3) is 5.91 Å². The summed E-state index contributed by atoms with van der Waals surface area (Å²) in [5.74, 6) is -0.879. The van der Waals surface area contributed by atoms with Gasteiger partial charge in [-0.25, -0.2) is 4.79 Å². The second kappa shape index (κ2) is 7.96. The molecule has 1 fully saturated rings. The summed E-state index contributed by atoms with van der Waals surface area (Å²) in [6, 6.07) is 9.04. The van der Waals surface area contributed by atoms with Crippen molar-refractivity contribution in [3.63, 3.8) is 0 Å². The molecule has 27 heavy (non-hydrogen) atoms. The maximum absolute atomic E-state index is 12.9. The van der Waals surface area contributed by atoms with E-state index in [2.05, 4.69) is 5.32 Å². The number of anilines is 1. The minimum absolute atomic E-state index is 0.0341. The number of aromatic nitrogens is 1. The molecule has 0 saturated heterocycles. The van der Waals surface area contributed by atoms with Gasteiger partial charge in [-0.3, -0.25) is 4.79 Å². The van der Waals surface area contributed by atoms with Crippen molar-refractivity contribution in [2.75, 3.05) is 12.8 Å². The average molecular weight is 366 g/mol. The Morgan fingerprint density at radius 3 is 2.63 bits per heavy atom. The molecule has 140 valence electrons. The van der Waals surface area contributed by atoms with Gasteiger partial charge in [-0.2, -0.15) is 5.26 Å². The first kappa shape index (κ1) is 18.5. The first-order valence-corrected chi connectivity index (χ1v) is 8.96. The van der Waals surface area contributed by atoms with Crippen molar-refractivity contribution in [3.05, 3.63) is 47.3 Å². The second-order valence-corrected chi connectivity index (χ2v) is 6.60. The van der Waals surface area contributed by atoms with E-state index in [0.29, 0.717) is 11.3 Å². The van der Waals surface area contributed by atoms with E-state index in [9.17, 15) is 14.9 Å². The van der Waals surface area contributed by atoms with E-state index in [1.165, 1.54) is 24.3 Å². The molecule has 0 bridgehead atoms. The van der Waals surface area contributed by atoms with Crippen molar-refractivity contribution in [2.45, 2.75) is 38.1 Å². The number of carbonyl (C=O) groups is 2. The fourth-order valence-electron chi connectivity index (χ4n) is 3.49. The molecule has 7 heteroatoms. The molecular formula is C20H22N4O3. The SMILES string of the molecule is COC(=O)c1c(N)c(C#N)cn1-c1ccccc1C(=O)NC1CCCCC1. The van der Waals surface area contributed by atoms with Gasteiger partial charge in [0.05, 0.1) is 29.6 Å². The van der Waals surface area contributed by atoms with Gasteiger partial charge < -0.3 is 20.4 Å². The zero-order chi connectivity index (χ0) is 19.4. The molecule has 1 aromatic carbocycles. The van der Waals surface area contributed by atoms with Crippen LogP contribution in [0.25, 0.3) is 5.69 Å². The number of esters is 1. The maximum atomic E-state index is 12.9. The zero-order valence-electron chi connectivity index (χ0n) is 15.2. The molecule has 0 spiro atoms. The monoisotopic (exact) mass is 366 g/mol. The number of nitriles is 1. The minimum atomic E-state index is -0.670. The van der Waals surface area contributed by atoms with Crippen LogP contribution < -0.4 is 11.1 Å². The molecule has 7 nitrogen and oxygen atoms in total. The molecule has 2 aromatic rings. The quantitative estimate of drug-likeness (QED) is 0.809. The molecule has 0 atom stereocenters. The highest BCUT2D eigenvalue weighted by atomic mass is 16.5. The maximum Gasteiger partial charge on any atom is 0.357 e. The van der Waals surface area contributed by atoms with E-state index in [1.807, 2.05) is 6.07 Å². The van der Waals surface area contributed by atoms with Crippen LogP contribution in [-0.4, -0.2) is 29.6 Å². The van der Waals surface area contributed by atoms with Crippen LogP contribution in [0.5, 0.6) is 0 Å². The average Bonchev–Trinajstić information content (AvgIpc) is 3.04. The van der Waals surface area contributed by atoms with Gasteiger partial charge in [0.2, 0.25) is 0 Å². The molecule has 1 amide bonds. The van der Waals surface area contributed by atoms with Crippen molar-refractivity contribution in [2.24, 2.45) is 0 Å². The number of methoxy groups -OCH3 is 1. The molecule has 1 saturated carbocycles. The molecule has 3 N–H and O–H groups in total. The number of nitrogen functional groups attached to an aromatic ring is 1. The number of nitrogens with two attached hydrogens (primary N) is 1. The third kappa shape index (κ3) is 3.65. The van der Waals surface area contributed by atoms with Crippen molar-refractivity contribution in [1.82, 2.24) is 9.88 Å². The molecule has 3 rings (SSSR count). The molecule has 0 unspecified atom stereocenters. The first-order chi connectivity index (χ1) is 13.1. The van der Waals surface area contributed by atoms with Gasteiger partial charge in [-0.15, -0.1) is 0 Å². The Balaban J connectivity index is 2.02. The lowest BCUT2D eigenvalue weighted by Gasteiger charge is -2.23. The van der Waals surface area contributed by atoms with E-state index in [1.54, 1.807) is 24.3 Å². The van der Waals surface area contributed by atoms with Gasteiger partial charge in [0, 0.05) is 12.2 Å². The van der Waals surface area contributed by atoms with Gasteiger partial charge in [-0.1, -0.05) is 31.4 Å². The van der Waals surface area contributed by atoms with Crippen LogP contribution in [0.15, 0.2) is 30.5 Å². The van der Waals surface area contributed by atoms with Crippen LogP contribution in [0, 0.1) is 11.3 Å². The highest BCUT2D eigenvalue weighted by Gasteiger charge is 2.25. The van der Waals surface area contributed by atoms with Crippen LogP contribution in [0.3, 0.4) is 0 Å². The lowest BCUT2D eigenvalue weighted by atomic mass is 9.95. The number of hydrogen-bond donors (Lipinski definition) is 2. The molecule has 0 aliphatic heterocycles. The number of carbonyl (C=O) groups excluding carboxylic acids is 2. The number of amides is 1. The van der Waals surface area contributed by atoms with E-state index in [4.69, 9.17) is 10.5 Å². The number of ether oxygens (including phenoxy) is 1. The number of nitrogens with zero attached hydrogens (tertiary/aromatic N) is 2. The smallest absolute Gasteiger partial charge is 0.357 e. The zero-order valence-corrected chi connectivity index (χ0v) is 15.2. The van der Waals surface area contributed by atoms with Gasteiger partial charge in [-0.05, 0) is 25.0 Å². The summed E-state index contributed by atoms with van der Waals surface area (Å²) in [5, 5.41) is 12.4. The first-order valence-electron chi connectivity index (χ1n) is 8.96. The molecule has 1 aliphatic carbocycles. The van der Waals surface area contributed by atoms with E-state index >= 15 is 0 Å². The summed E-state index contributed by atoms with van der Waals surface area (Å²) >= 11 is 0. The molecule has 1 aliphatic rings. The summed E-state index contributed by atoms with van der Waals surface area (Å²) in [5.41, 5.74) is 7.06. The highest BCUT2D eigenvalue weighted by Crippen LogP contribution is 2.27. The summed E-state index contributed by atoms with van der Waals surface area (Å²) in [6.45, 7) is 0. The predicted molar refractivity (Wildman–Crippen MR) is 101 cm³/mol. The Kier molecular flexibility index (Phi) is 5.46.